The highest BCUT2D eigenvalue weighted by molar-refractivity contribution is 7.18. The lowest BCUT2D eigenvalue weighted by molar-refractivity contribution is -0.132. The molecule has 8 nitrogen and oxygen atoms in total. The molecule has 1 atom stereocenters. The lowest BCUT2D eigenvalue weighted by Gasteiger charge is -2.21. The van der Waals surface area contributed by atoms with E-state index in [2.05, 4.69) is 4.98 Å². The number of ether oxygens (including phenoxy) is 2. The number of aryl methyl sites for hydroxylation is 1. The maximum Gasteiger partial charge on any atom is 0.350 e. The lowest BCUT2D eigenvalue weighted by atomic mass is 10.00. The number of thiazole rings is 1. The van der Waals surface area contributed by atoms with Crippen molar-refractivity contribution in [2.75, 3.05) is 19.1 Å². The molecule has 1 aliphatic rings. The molecular weight excluding hydrogens is 452 g/mol. The number of aliphatic hydroxyl groups excluding tert-OH is 1. The summed E-state index contributed by atoms with van der Waals surface area (Å²) in [6.45, 7) is 1.62. The molecule has 1 N–H and O–H groups in total. The average Bonchev–Trinajstić information content (AvgIpc) is 3.52. The topological polar surface area (TPSA) is 106 Å². The van der Waals surface area contributed by atoms with Crippen LogP contribution in [-0.2, 0) is 14.3 Å². The number of Topliss-reactive ketones (excluding diaryl/α,β-unsaturated/α-hetero) is 1. The van der Waals surface area contributed by atoms with Crippen molar-refractivity contribution >= 4 is 51.2 Å². The maximum atomic E-state index is 13.1. The fourth-order valence-electron chi connectivity index (χ4n) is 3.44. The summed E-state index contributed by atoms with van der Waals surface area (Å²) in [4.78, 5) is 44.7. The molecule has 1 unspecified atom stereocenters. The first-order chi connectivity index (χ1) is 15.4. The zero-order valence-electron chi connectivity index (χ0n) is 17.3. The number of carbonyl (C=O) groups is 3. The number of esters is 1. The highest BCUT2D eigenvalue weighted by atomic mass is 32.1. The Bertz CT molecular complexity index is 1250. The van der Waals surface area contributed by atoms with E-state index in [9.17, 15) is 19.5 Å². The van der Waals surface area contributed by atoms with E-state index in [0.717, 1.165) is 11.3 Å². The van der Waals surface area contributed by atoms with E-state index < -0.39 is 23.7 Å². The summed E-state index contributed by atoms with van der Waals surface area (Å²) in [6, 6.07) is 9.26. The van der Waals surface area contributed by atoms with Crippen LogP contribution in [0.3, 0.4) is 0 Å². The smallest absolute Gasteiger partial charge is 0.350 e. The van der Waals surface area contributed by atoms with Crippen molar-refractivity contribution in [3.8, 4) is 5.75 Å². The molecule has 10 heteroatoms. The molecule has 32 heavy (non-hydrogen) atoms. The Kier molecular flexibility index (Phi) is 5.81. The van der Waals surface area contributed by atoms with Gasteiger partial charge in [0.15, 0.2) is 5.13 Å². The molecule has 4 rings (SSSR count). The van der Waals surface area contributed by atoms with Crippen LogP contribution in [0.1, 0.15) is 31.8 Å². The van der Waals surface area contributed by atoms with E-state index in [1.54, 1.807) is 43.3 Å². The van der Waals surface area contributed by atoms with Crippen LogP contribution in [0.4, 0.5) is 5.13 Å². The molecule has 0 bridgehead atoms. The van der Waals surface area contributed by atoms with Gasteiger partial charge in [-0.3, -0.25) is 14.5 Å². The molecule has 0 saturated carbocycles. The number of methoxy groups -OCH3 is 2. The number of aromatic nitrogens is 1. The van der Waals surface area contributed by atoms with Crippen molar-refractivity contribution in [1.29, 1.82) is 0 Å². The molecule has 3 aromatic rings. The number of amides is 1. The van der Waals surface area contributed by atoms with E-state index in [1.165, 1.54) is 30.5 Å². The number of hydrogen-bond acceptors (Lipinski definition) is 9. The van der Waals surface area contributed by atoms with Crippen molar-refractivity contribution < 1.29 is 29.0 Å². The number of thiophene rings is 1. The molecule has 1 aliphatic heterocycles. The second-order valence-electron chi connectivity index (χ2n) is 6.82. The third-order valence-electron chi connectivity index (χ3n) is 4.96. The quantitative estimate of drug-likeness (QED) is 0.261. The Morgan fingerprint density at radius 3 is 2.62 bits per heavy atom. The van der Waals surface area contributed by atoms with Crippen molar-refractivity contribution in [3.63, 3.8) is 0 Å². The van der Waals surface area contributed by atoms with Crippen LogP contribution >= 0.6 is 22.7 Å². The van der Waals surface area contributed by atoms with Crippen LogP contribution in [0.5, 0.6) is 5.75 Å². The van der Waals surface area contributed by atoms with Crippen LogP contribution in [0.15, 0.2) is 47.4 Å². The van der Waals surface area contributed by atoms with Crippen molar-refractivity contribution in [3.05, 3.63) is 68.4 Å². The van der Waals surface area contributed by atoms with Gasteiger partial charge in [0.05, 0.1) is 25.5 Å². The third kappa shape index (κ3) is 3.57. The molecule has 0 spiro atoms. The Labute approximate surface area is 191 Å². The number of carbonyl (C=O) groups excluding carboxylic acids is 3. The summed E-state index contributed by atoms with van der Waals surface area (Å²) in [5.41, 5.74) is 0.670. The first kappa shape index (κ1) is 21.7. The first-order valence-electron chi connectivity index (χ1n) is 9.42. The van der Waals surface area contributed by atoms with Gasteiger partial charge in [-0.05, 0) is 30.5 Å². The Hall–Kier alpha value is -3.50. The van der Waals surface area contributed by atoms with Crippen molar-refractivity contribution in [2.24, 2.45) is 0 Å². The summed E-state index contributed by atoms with van der Waals surface area (Å²) in [5.74, 6) is -2.07. The van der Waals surface area contributed by atoms with Crippen molar-refractivity contribution in [2.45, 2.75) is 13.0 Å². The summed E-state index contributed by atoms with van der Waals surface area (Å²) < 4.78 is 9.99. The van der Waals surface area contributed by atoms with Gasteiger partial charge < -0.3 is 14.6 Å². The van der Waals surface area contributed by atoms with Gasteiger partial charge in [-0.25, -0.2) is 9.78 Å². The molecule has 2 aromatic heterocycles. The highest BCUT2D eigenvalue weighted by Gasteiger charge is 2.48. The zero-order valence-corrected chi connectivity index (χ0v) is 19.0. The minimum absolute atomic E-state index is 0.0572. The summed E-state index contributed by atoms with van der Waals surface area (Å²) in [6.07, 6.45) is 0. The number of ketones is 1. The Balaban J connectivity index is 1.90. The van der Waals surface area contributed by atoms with Gasteiger partial charge in [-0.1, -0.05) is 29.5 Å². The van der Waals surface area contributed by atoms with E-state index >= 15 is 0 Å². The monoisotopic (exact) mass is 470 g/mol. The van der Waals surface area contributed by atoms with Crippen LogP contribution in [0.25, 0.3) is 5.76 Å². The lowest BCUT2D eigenvalue weighted by Crippen LogP contribution is -2.29. The van der Waals surface area contributed by atoms with Gasteiger partial charge in [-0.2, -0.15) is 0 Å². The van der Waals surface area contributed by atoms with E-state index in [1.807, 2.05) is 5.38 Å². The van der Waals surface area contributed by atoms with Crippen LogP contribution in [0, 0.1) is 6.92 Å². The molecule has 164 valence electrons. The molecule has 1 fully saturated rings. The fourth-order valence-corrected chi connectivity index (χ4v) is 5.27. The van der Waals surface area contributed by atoms with Crippen LogP contribution in [0.2, 0.25) is 0 Å². The maximum absolute atomic E-state index is 13.1. The van der Waals surface area contributed by atoms with Crippen LogP contribution < -0.4 is 9.64 Å². The average molecular weight is 471 g/mol. The van der Waals surface area contributed by atoms with Gasteiger partial charge in [0, 0.05) is 10.4 Å². The van der Waals surface area contributed by atoms with Gasteiger partial charge in [0.2, 0.25) is 0 Å². The van der Waals surface area contributed by atoms with Gasteiger partial charge in [0.1, 0.15) is 22.4 Å². The number of hydrogen-bond donors (Lipinski definition) is 1. The predicted octanol–water partition coefficient (Wildman–Crippen LogP) is 3.93. The summed E-state index contributed by atoms with van der Waals surface area (Å²) in [5, 5.41) is 13.1. The largest absolute Gasteiger partial charge is 0.507 e. The van der Waals surface area contributed by atoms with Gasteiger partial charge in [0.25, 0.3) is 5.78 Å². The molecule has 0 radical (unpaired) electrons. The second kappa shape index (κ2) is 8.56. The number of aliphatic hydroxyl groups is 1. The highest BCUT2D eigenvalue weighted by Crippen LogP contribution is 2.45. The first-order valence-corrected chi connectivity index (χ1v) is 11.1. The SMILES string of the molecule is COC(=O)c1sc(N2C(=O)C(=O)C(=C(O)c3cccc(OC)c3)C2c2cccs2)nc1C. The standard InChI is InChI=1S/C22H18N2O6S2/c1-11-19(21(28)30-3)32-22(23-11)24-16(14-8-5-9-31-14)15(18(26)20(24)27)17(25)12-6-4-7-13(10-12)29-2/h4-10,16,25H,1-3H3. The van der Waals surface area contributed by atoms with Crippen LogP contribution in [-0.4, -0.2) is 42.0 Å². The third-order valence-corrected chi connectivity index (χ3v) is 7.02. The van der Waals surface area contributed by atoms with Crippen molar-refractivity contribution in [1.82, 2.24) is 4.98 Å². The molecule has 3 heterocycles. The number of rotatable bonds is 5. The zero-order chi connectivity index (χ0) is 23.0. The Morgan fingerprint density at radius 1 is 1.19 bits per heavy atom. The molecule has 0 aliphatic carbocycles. The molecular formula is C22H18N2O6S2. The number of nitrogens with zero attached hydrogens (tertiary/aromatic N) is 2. The number of benzene rings is 1. The van der Waals surface area contributed by atoms with Gasteiger partial charge >= 0.3 is 11.9 Å². The van der Waals surface area contributed by atoms with E-state index in [0.29, 0.717) is 21.9 Å². The molecule has 1 aromatic carbocycles. The molecule has 1 amide bonds. The second-order valence-corrected chi connectivity index (χ2v) is 8.78. The minimum Gasteiger partial charge on any atom is -0.507 e. The predicted molar refractivity (Wildman–Crippen MR) is 120 cm³/mol. The van der Waals surface area contributed by atoms with E-state index in [-0.39, 0.29) is 21.3 Å². The summed E-state index contributed by atoms with van der Waals surface area (Å²) in [7, 11) is 2.75. The minimum atomic E-state index is -0.891. The number of anilines is 1. The summed E-state index contributed by atoms with van der Waals surface area (Å²) >= 11 is 2.30. The molecule has 1 saturated heterocycles. The van der Waals surface area contributed by atoms with E-state index in [4.69, 9.17) is 9.47 Å². The van der Waals surface area contributed by atoms with Gasteiger partial charge in [-0.15, -0.1) is 11.3 Å². The Morgan fingerprint density at radius 2 is 1.97 bits per heavy atom. The normalized spacial score (nSPS) is 17.6. The fraction of sp³-hybridized carbons (Fsp3) is 0.182.